The predicted molar refractivity (Wildman–Crippen MR) is 117 cm³/mol. The second-order valence-electron chi connectivity index (χ2n) is 6.67. The summed E-state index contributed by atoms with van der Waals surface area (Å²) in [6, 6.07) is 6.54. The molecule has 1 heterocycles. The quantitative estimate of drug-likeness (QED) is 0.671. The maximum Gasteiger partial charge on any atom is 0.328 e. The Balaban J connectivity index is 2.33. The summed E-state index contributed by atoms with van der Waals surface area (Å²) in [5.74, 6) is 0.721. The molecule has 1 N–H and O–H groups in total. The summed E-state index contributed by atoms with van der Waals surface area (Å²) in [6.07, 6.45) is 0.686. The summed E-state index contributed by atoms with van der Waals surface area (Å²) in [7, 11) is -0.688. The second-order valence-corrected chi connectivity index (χ2v) is 10.00. The molecule has 2 rings (SSSR count). The lowest BCUT2D eigenvalue weighted by Crippen LogP contribution is -2.41. The van der Waals surface area contributed by atoms with E-state index < -0.39 is 10.0 Å². The van der Waals surface area contributed by atoms with Gasteiger partial charge in [0.05, 0.1) is 12.3 Å². The van der Waals surface area contributed by atoms with E-state index in [-0.39, 0.29) is 16.3 Å². The van der Waals surface area contributed by atoms with Crippen LogP contribution in [0.4, 0.5) is 15.6 Å². The molecule has 1 unspecified atom stereocenters. The zero-order valence-electron chi connectivity index (χ0n) is 17.6. The number of ether oxygens (including phenoxy) is 1. The van der Waals surface area contributed by atoms with Crippen molar-refractivity contribution in [1.82, 2.24) is 9.29 Å². The summed E-state index contributed by atoms with van der Waals surface area (Å²) in [6.45, 7) is 7.96. The van der Waals surface area contributed by atoms with Crippen molar-refractivity contribution in [3.63, 3.8) is 0 Å². The van der Waals surface area contributed by atoms with Crippen LogP contribution in [0.15, 0.2) is 28.5 Å². The van der Waals surface area contributed by atoms with E-state index in [0.29, 0.717) is 29.5 Å². The van der Waals surface area contributed by atoms with Crippen LogP contribution in [0.5, 0.6) is 5.75 Å². The van der Waals surface area contributed by atoms with Crippen molar-refractivity contribution >= 4 is 38.2 Å². The number of nitrogens with zero attached hydrogens (tertiary/aromatic N) is 3. The van der Waals surface area contributed by atoms with Crippen molar-refractivity contribution in [3.8, 4) is 5.75 Å². The lowest BCUT2D eigenvalue weighted by molar-refractivity contribution is 0.255. The van der Waals surface area contributed by atoms with Crippen molar-refractivity contribution in [2.24, 2.45) is 0 Å². The lowest BCUT2D eigenvalue weighted by atomic mass is 10.2. The Kier molecular flexibility index (Phi) is 7.61. The Morgan fingerprint density at radius 1 is 1.24 bits per heavy atom. The Bertz CT molecular complexity index is 940. The number of hydrogen-bond donors (Lipinski definition) is 1. The molecule has 2 amide bonds. The number of carbonyl (C=O) groups excluding carboxylic acids is 1. The van der Waals surface area contributed by atoms with Gasteiger partial charge in [0, 0.05) is 25.8 Å². The fourth-order valence-electron chi connectivity index (χ4n) is 2.52. The Morgan fingerprint density at radius 3 is 2.38 bits per heavy atom. The van der Waals surface area contributed by atoms with Gasteiger partial charge < -0.3 is 10.1 Å². The van der Waals surface area contributed by atoms with E-state index in [0.717, 1.165) is 21.4 Å². The van der Waals surface area contributed by atoms with Crippen LogP contribution in [-0.4, -0.2) is 50.5 Å². The van der Waals surface area contributed by atoms with Crippen LogP contribution in [0.3, 0.4) is 0 Å². The standard InChI is InChI=1S/C19H28N4O4S2/c1-7-13(3)23(18(24)21-15-9-11-16(12-10-15)27-8-2)19-20-14(4)17(28-19)29(25,26)22(5)6/h9-13H,7-8H2,1-6H3,(H,21,24). The van der Waals surface area contributed by atoms with Gasteiger partial charge in [0.1, 0.15) is 5.75 Å². The molecule has 29 heavy (non-hydrogen) atoms. The molecule has 1 aromatic carbocycles. The molecule has 0 fully saturated rings. The van der Waals surface area contributed by atoms with Crippen LogP contribution in [0.25, 0.3) is 0 Å². The zero-order chi connectivity index (χ0) is 21.8. The topological polar surface area (TPSA) is 91.8 Å². The van der Waals surface area contributed by atoms with Gasteiger partial charge >= 0.3 is 6.03 Å². The molecular formula is C19H28N4O4S2. The van der Waals surface area contributed by atoms with Crippen LogP contribution in [0.1, 0.15) is 32.9 Å². The van der Waals surface area contributed by atoms with Gasteiger partial charge in [-0.2, -0.15) is 0 Å². The third-order valence-electron chi connectivity index (χ3n) is 4.33. The van der Waals surface area contributed by atoms with Crippen molar-refractivity contribution in [2.45, 2.75) is 44.4 Å². The number of nitrogens with one attached hydrogen (secondary N) is 1. The summed E-state index contributed by atoms with van der Waals surface area (Å²) >= 11 is 0.999. The maximum absolute atomic E-state index is 13.0. The molecule has 0 spiro atoms. The SMILES string of the molecule is CCOc1ccc(NC(=O)N(c2nc(C)c(S(=O)(=O)N(C)C)s2)C(C)CC)cc1. The first kappa shape index (κ1) is 23.1. The van der Waals surface area contributed by atoms with Gasteiger partial charge in [-0.3, -0.25) is 4.90 Å². The van der Waals surface area contributed by atoms with Crippen molar-refractivity contribution in [3.05, 3.63) is 30.0 Å². The molecule has 0 aliphatic rings. The predicted octanol–water partition coefficient (Wildman–Crippen LogP) is 3.94. The Hall–Kier alpha value is -2.17. The average Bonchev–Trinajstić information content (AvgIpc) is 3.05. The highest BCUT2D eigenvalue weighted by Crippen LogP contribution is 2.33. The van der Waals surface area contributed by atoms with Crippen LogP contribution in [0.2, 0.25) is 0 Å². The number of rotatable bonds is 8. The summed E-state index contributed by atoms with van der Waals surface area (Å²) in [5, 5.41) is 3.20. The molecule has 1 atom stereocenters. The molecule has 0 aliphatic heterocycles. The monoisotopic (exact) mass is 440 g/mol. The van der Waals surface area contributed by atoms with E-state index in [4.69, 9.17) is 4.74 Å². The fraction of sp³-hybridized carbons (Fsp3) is 0.474. The molecule has 10 heteroatoms. The smallest absolute Gasteiger partial charge is 0.328 e. The van der Waals surface area contributed by atoms with E-state index in [1.165, 1.54) is 19.0 Å². The molecular weight excluding hydrogens is 412 g/mol. The third kappa shape index (κ3) is 5.26. The van der Waals surface area contributed by atoms with Gasteiger partial charge in [-0.15, -0.1) is 0 Å². The highest BCUT2D eigenvalue weighted by atomic mass is 32.2. The number of thiazole rings is 1. The van der Waals surface area contributed by atoms with Crippen LogP contribution in [0, 0.1) is 6.92 Å². The largest absolute Gasteiger partial charge is 0.494 e. The number of aromatic nitrogens is 1. The number of amides is 2. The fourth-order valence-corrected chi connectivity index (χ4v) is 5.27. The molecule has 0 saturated carbocycles. The average molecular weight is 441 g/mol. The minimum atomic E-state index is -3.63. The van der Waals surface area contributed by atoms with Crippen LogP contribution < -0.4 is 15.0 Å². The van der Waals surface area contributed by atoms with E-state index >= 15 is 0 Å². The number of urea groups is 1. The molecule has 1 aromatic heterocycles. The number of anilines is 2. The van der Waals surface area contributed by atoms with E-state index in [9.17, 15) is 13.2 Å². The zero-order valence-corrected chi connectivity index (χ0v) is 19.2. The number of benzene rings is 1. The van der Waals surface area contributed by atoms with Gasteiger partial charge in [0.2, 0.25) is 0 Å². The summed E-state index contributed by atoms with van der Waals surface area (Å²) in [4.78, 5) is 18.9. The molecule has 0 radical (unpaired) electrons. The maximum atomic E-state index is 13.0. The highest BCUT2D eigenvalue weighted by Gasteiger charge is 2.30. The van der Waals surface area contributed by atoms with Crippen LogP contribution in [-0.2, 0) is 10.0 Å². The van der Waals surface area contributed by atoms with Gasteiger partial charge in [-0.1, -0.05) is 18.3 Å². The van der Waals surface area contributed by atoms with Gasteiger partial charge in [-0.05, 0) is 51.5 Å². The molecule has 160 valence electrons. The molecule has 0 saturated heterocycles. The minimum absolute atomic E-state index is 0.139. The first-order valence-electron chi connectivity index (χ1n) is 9.34. The minimum Gasteiger partial charge on any atom is -0.494 e. The first-order valence-corrected chi connectivity index (χ1v) is 11.6. The number of sulfonamides is 1. The van der Waals surface area contributed by atoms with Gasteiger partial charge in [0.15, 0.2) is 9.34 Å². The number of aryl methyl sites for hydroxylation is 1. The summed E-state index contributed by atoms with van der Waals surface area (Å²) < 4.78 is 31.8. The summed E-state index contributed by atoms with van der Waals surface area (Å²) in [5.41, 5.74) is 0.988. The molecule has 8 nitrogen and oxygen atoms in total. The Morgan fingerprint density at radius 2 is 1.86 bits per heavy atom. The van der Waals surface area contributed by atoms with E-state index in [1.54, 1.807) is 31.2 Å². The Labute approximate surface area is 176 Å². The first-order chi connectivity index (χ1) is 13.6. The van der Waals surface area contributed by atoms with E-state index in [2.05, 4.69) is 10.3 Å². The normalized spacial score (nSPS) is 12.7. The molecule has 0 bridgehead atoms. The van der Waals surface area contributed by atoms with Crippen molar-refractivity contribution < 1.29 is 17.9 Å². The van der Waals surface area contributed by atoms with Crippen molar-refractivity contribution in [2.75, 3.05) is 30.9 Å². The third-order valence-corrected chi connectivity index (χ3v) is 7.89. The highest BCUT2D eigenvalue weighted by molar-refractivity contribution is 7.91. The van der Waals surface area contributed by atoms with Crippen molar-refractivity contribution in [1.29, 1.82) is 0 Å². The molecule has 0 aliphatic carbocycles. The van der Waals surface area contributed by atoms with Crippen LogP contribution >= 0.6 is 11.3 Å². The lowest BCUT2D eigenvalue weighted by Gasteiger charge is -2.26. The number of carbonyl (C=O) groups is 1. The van der Waals surface area contributed by atoms with Gasteiger partial charge in [0.25, 0.3) is 10.0 Å². The van der Waals surface area contributed by atoms with Gasteiger partial charge in [-0.25, -0.2) is 22.5 Å². The second kappa shape index (κ2) is 9.55. The number of hydrogen-bond acceptors (Lipinski definition) is 6. The van der Waals surface area contributed by atoms with E-state index in [1.807, 2.05) is 20.8 Å². The molecule has 2 aromatic rings.